The average Bonchev–Trinajstić information content (AvgIpc) is 3.10. The number of hydrogen-bond acceptors (Lipinski definition) is 5. The first-order valence-corrected chi connectivity index (χ1v) is 10.5. The summed E-state index contributed by atoms with van der Waals surface area (Å²) in [6, 6.07) is 9.94. The number of carbonyl (C=O) groups excluding carboxylic acids is 2. The zero-order valence-corrected chi connectivity index (χ0v) is 17.3. The molecule has 0 bridgehead atoms. The lowest BCUT2D eigenvalue weighted by molar-refractivity contribution is -0.122. The van der Waals surface area contributed by atoms with E-state index in [0.717, 1.165) is 34.0 Å². The average molecular weight is 402 g/mol. The molecule has 1 saturated heterocycles. The van der Waals surface area contributed by atoms with Crippen molar-refractivity contribution in [1.82, 2.24) is 15.2 Å². The van der Waals surface area contributed by atoms with Gasteiger partial charge in [-0.1, -0.05) is 30.3 Å². The monoisotopic (exact) mass is 401 g/mol. The summed E-state index contributed by atoms with van der Waals surface area (Å²) in [6.07, 6.45) is 2.23. The van der Waals surface area contributed by atoms with Crippen molar-refractivity contribution >= 4 is 23.2 Å². The van der Waals surface area contributed by atoms with Gasteiger partial charge in [-0.25, -0.2) is 4.98 Å². The van der Waals surface area contributed by atoms with Crippen molar-refractivity contribution in [3.8, 4) is 10.6 Å². The molecule has 0 atom stereocenters. The van der Waals surface area contributed by atoms with Crippen LogP contribution >= 0.6 is 11.3 Å². The third-order valence-electron chi connectivity index (χ3n) is 5.02. The third-order valence-corrected chi connectivity index (χ3v) is 6.21. The second kappa shape index (κ2) is 9.80. The van der Waals surface area contributed by atoms with E-state index in [0.29, 0.717) is 38.6 Å². The Morgan fingerprint density at radius 2 is 1.96 bits per heavy atom. The zero-order chi connectivity index (χ0) is 19.9. The van der Waals surface area contributed by atoms with Crippen LogP contribution in [0, 0.1) is 12.8 Å². The van der Waals surface area contributed by atoms with E-state index >= 15 is 0 Å². The van der Waals surface area contributed by atoms with Crippen LogP contribution in [0.3, 0.4) is 0 Å². The van der Waals surface area contributed by atoms with Crippen molar-refractivity contribution in [2.45, 2.75) is 26.2 Å². The minimum Gasteiger partial charge on any atom is -0.383 e. The van der Waals surface area contributed by atoms with Gasteiger partial charge in [-0.3, -0.25) is 9.59 Å². The number of amides is 2. The van der Waals surface area contributed by atoms with Gasteiger partial charge in [0.25, 0.3) is 5.91 Å². The maximum atomic E-state index is 13.0. The minimum absolute atomic E-state index is 0.0557. The number of likely N-dealkylation sites (tertiary alicyclic amines) is 1. The quantitative estimate of drug-likeness (QED) is 0.724. The molecule has 2 amide bonds. The lowest BCUT2D eigenvalue weighted by Crippen LogP contribution is -2.39. The Hall–Kier alpha value is -2.25. The minimum atomic E-state index is 0.0557. The van der Waals surface area contributed by atoms with Crippen LogP contribution < -0.4 is 5.32 Å². The van der Waals surface area contributed by atoms with E-state index in [1.54, 1.807) is 7.11 Å². The van der Waals surface area contributed by atoms with Gasteiger partial charge in [-0.05, 0) is 25.7 Å². The Morgan fingerprint density at radius 1 is 1.25 bits per heavy atom. The molecule has 1 aromatic heterocycles. The molecule has 1 aliphatic rings. The topological polar surface area (TPSA) is 71.5 Å². The molecule has 3 rings (SSSR count). The van der Waals surface area contributed by atoms with Crippen LogP contribution in [0.15, 0.2) is 30.3 Å². The summed E-state index contributed by atoms with van der Waals surface area (Å²) in [5.41, 5.74) is 1.82. The van der Waals surface area contributed by atoms with Gasteiger partial charge in [0.15, 0.2) is 0 Å². The number of ether oxygens (including phenoxy) is 1. The molecule has 7 heteroatoms. The molecule has 150 valence electrons. The molecule has 2 aromatic rings. The Morgan fingerprint density at radius 3 is 2.64 bits per heavy atom. The van der Waals surface area contributed by atoms with E-state index < -0.39 is 0 Å². The highest BCUT2D eigenvalue weighted by atomic mass is 32.1. The summed E-state index contributed by atoms with van der Waals surface area (Å²) < 4.78 is 4.94. The van der Waals surface area contributed by atoms with E-state index in [4.69, 9.17) is 4.74 Å². The maximum absolute atomic E-state index is 13.0. The van der Waals surface area contributed by atoms with Gasteiger partial charge in [0.1, 0.15) is 9.88 Å². The lowest BCUT2D eigenvalue weighted by atomic mass is 9.93. The van der Waals surface area contributed by atoms with Crippen LogP contribution in [0.25, 0.3) is 10.6 Å². The molecular weight excluding hydrogens is 374 g/mol. The lowest BCUT2D eigenvalue weighted by Gasteiger charge is -2.31. The first-order valence-electron chi connectivity index (χ1n) is 9.66. The molecular formula is C21H27N3O3S. The number of aryl methyl sites for hydroxylation is 1. The number of nitrogens with one attached hydrogen (secondary N) is 1. The Bertz CT molecular complexity index is 798. The second-order valence-corrected chi connectivity index (χ2v) is 8.08. The molecule has 2 heterocycles. The van der Waals surface area contributed by atoms with Crippen molar-refractivity contribution in [2.75, 3.05) is 33.4 Å². The van der Waals surface area contributed by atoms with Gasteiger partial charge in [-0.15, -0.1) is 11.3 Å². The zero-order valence-electron chi connectivity index (χ0n) is 16.4. The van der Waals surface area contributed by atoms with Gasteiger partial charge in [0, 0.05) is 38.7 Å². The predicted octanol–water partition coefficient (Wildman–Crippen LogP) is 3.12. The number of carbonyl (C=O) groups is 2. The van der Waals surface area contributed by atoms with E-state index in [-0.39, 0.29) is 11.8 Å². The molecule has 0 radical (unpaired) electrons. The highest BCUT2D eigenvalue weighted by Crippen LogP contribution is 2.30. The van der Waals surface area contributed by atoms with Gasteiger partial charge < -0.3 is 15.0 Å². The largest absolute Gasteiger partial charge is 0.383 e. The highest BCUT2D eigenvalue weighted by molar-refractivity contribution is 7.17. The first kappa shape index (κ1) is 20.5. The summed E-state index contributed by atoms with van der Waals surface area (Å²) in [4.78, 5) is 32.1. The van der Waals surface area contributed by atoms with Crippen molar-refractivity contribution < 1.29 is 14.3 Å². The summed E-state index contributed by atoms with van der Waals surface area (Å²) in [7, 11) is 1.62. The number of piperidine rings is 1. The van der Waals surface area contributed by atoms with Gasteiger partial charge >= 0.3 is 0 Å². The van der Waals surface area contributed by atoms with Crippen LogP contribution in [-0.4, -0.2) is 55.0 Å². The number of thiazole rings is 1. The van der Waals surface area contributed by atoms with E-state index in [1.165, 1.54) is 11.3 Å². The SMILES string of the molecule is COCCNC(=O)CC1CCN(C(=O)c2sc(-c3ccccc3)nc2C)CC1. The molecule has 0 saturated carbocycles. The fourth-order valence-electron chi connectivity index (χ4n) is 3.41. The summed E-state index contributed by atoms with van der Waals surface area (Å²) in [5.74, 6) is 0.446. The fraction of sp³-hybridized carbons (Fsp3) is 0.476. The molecule has 28 heavy (non-hydrogen) atoms. The summed E-state index contributed by atoms with van der Waals surface area (Å²) in [5, 5.41) is 3.74. The van der Waals surface area contributed by atoms with Gasteiger partial charge in [0.05, 0.1) is 12.3 Å². The van der Waals surface area contributed by atoms with Gasteiger partial charge in [-0.2, -0.15) is 0 Å². The standard InChI is InChI=1S/C21H27N3O3S/c1-15-19(28-20(23-15)17-6-4-3-5-7-17)21(26)24-11-8-16(9-12-24)14-18(25)22-10-13-27-2/h3-7,16H,8-14H2,1-2H3,(H,22,25). The van der Waals surface area contributed by atoms with Crippen molar-refractivity contribution in [3.05, 3.63) is 40.9 Å². The Kier molecular flexibility index (Phi) is 7.17. The highest BCUT2D eigenvalue weighted by Gasteiger charge is 2.27. The number of rotatable bonds is 7. The van der Waals surface area contributed by atoms with E-state index in [1.807, 2.05) is 42.2 Å². The third kappa shape index (κ3) is 5.17. The van der Waals surface area contributed by atoms with Crippen LogP contribution in [0.5, 0.6) is 0 Å². The van der Waals surface area contributed by atoms with Crippen molar-refractivity contribution in [1.29, 1.82) is 0 Å². The summed E-state index contributed by atoms with van der Waals surface area (Å²) in [6.45, 7) is 4.34. The van der Waals surface area contributed by atoms with E-state index in [9.17, 15) is 9.59 Å². The molecule has 1 N–H and O–H groups in total. The molecule has 6 nitrogen and oxygen atoms in total. The van der Waals surface area contributed by atoms with Crippen molar-refractivity contribution in [2.24, 2.45) is 5.92 Å². The summed E-state index contributed by atoms with van der Waals surface area (Å²) >= 11 is 1.46. The van der Waals surface area contributed by atoms with Crippen LogP contribution in [0.2, 0.25) is 0 Å². The van der Waals surface area contributed by atoms with Crippen LogP contribution in [-0.2, 0) is 9.53 Å². The van der Waals surface area contributed by atoms with Gasteiger partial charge in [0.2, 0.25) is 5.91 Å². The first-order chi connectivity index (χ1) is 13.6. The molecule has 1 fully saturated rings. The number of nitrogens with zero attached hydrogens (tertiary/aromatic N) is 2. The van der Waals surface area contributed by atoms with Crippen molar-refractivity contribution in [3.63, 3.8) is 0 Å². The molecule has 1 aromatic carbocycles. The Balaban J connectivity index is 1.54. The Labute approximate surface area is 169 Å². The second-order valence-electron chi connectivity index (χ2n) is 7.08. The number of methoxy groups -OCH3 is 1. The number of hydrogen-bond donors (Lipinski definition) is 1. The van der Waals surface area contributed by atoms with Crippen LogP contribution in [0.4, 0.5) is 0 Å². The molecule has 1 aliphatic heterocycles. The van der Waals surface area contributed by atoms with E-state index in [2.05, 4.69) is 10.3 Å². The number of benzene rings is 1. The predicted molar refractivity (Wildman–Crippen MR) is 110 cm³/mol. The van der Waals surface area contributed by atoms with Crippen LogP contribution in [0.1, 0.15) is 34.6 Å². The molecule has 0 spiro atoms. The fourth-order valence-corrected chi connectivity index (χ4v) is 4.45. The maximum Gasteiger partial charge on any atom is 0.265 e. The normalized spacial score (nSPS) is 14.9. The smallest absolute Gasteiger partial charge is 0.265 e. The number of aromatic nitrogens is 1. The molecule has 0 aliphatic carbocycles. The molecule has 0 unspecified atom stereocenters.